The Morgan fingerprint density at radius 3 is 0.844 bits per heavy atom. The van der Waals surface area contributed by atoms with Crippen molar-refractivity contribution in [2.45, 2.75) is 258 Å². The Morgan fingerprint density at radius 1 is 0.273 bits per heavy atom. The molecule has 0 radical (unpaired) electrons. The van der Waals surface area contributed by atoms with Gasteiger partial charge in [-0.3, -0.25) is 14.4 Å². The summed E-state index contributed by atoms with van der Waals surface area (Å²) in [5, 5.41) is 0. The first-order chi connectivity index (χ1) is 38.0. The van der Waals surface area contributed by atoms with Gasteiger partial charge in [-0.15, -0.1) is 0 Å². The van der Waals surface area contributed by atoms with Gasteiger partial charge in [0.25, 0.3) is 0 Å². The average molecular weight is 1060 g/mol. The summed E-state index contributed by atoms with van der Waals surface area (Å²) in [6.07, 6.45) is 92.5. The van der Waals surface area contributed by atoms with Crippen LogP contribution in [-0.2, 0) is 28.6 Å². The molecular weight excluding hydrogens is 949 g/mol. The number of carbonyl (C=O) groups is 3. The second-order valence-corrected chi connectivity index (χ2v) is 19.9. The van der Waals surface area contributed by atoms with E-state index >= 15 is 0 Å². The molecular formula is C71H112O6. The molecule has 0 amide bonds. The minimum atomic E-state index is -0.840. The Morgan fingerprint density at radius 2 is 0.532 bits per heavy atom. The van der Waals surface area contributed by atoms with Gasteiger partial charge in [-0.25, -0.2) is 0 Å². The van der Waals surface area contributed by atoms with Gasteiger partial charge in [0.1, 0.15) is 13.2 Å². The Labute approximate surface area is 473 Å². The number of unbranched alkanes of at least 4 members (excludes halogenated alkanes) is 17. The molecule has 0 bridgehead atoms. The lowest BCUT2D eigenvalue weighted by Crippen LogP contribution is -2.30. The highest BCUT2D eigenvalue weighted by atomic mass is 16.6. The van der Waals surface area contributed by atoms with Crippen molar-refractivity contribution in [2.75, 3.05) is 13.2 Å². The zero-order valence-electron chi connectivity index (χ0n) is 49.4. The van der Waals surface area contributed by atoms with Crippen molar-refractivity contribution in [3.63, 3.8) is 0 Å². The molecule has 0 heterocycles. The van der Waals surface area contributed by atoms with Gasteiger partial charge in [0.2, 0.25) is 0 Å². The number of rotatable bonds is 54. The topological polar surface area (TPSA) is 78.9 Å². The molecule has 1 atom stereocenters. The summed E-state index contributed by atoms with van der Waals surface area (Å²) in [6.45, 7) is 6.32. The molecule has 0 aliphatic carbocycles. The van der Waals surface area contributed by atoms with E-state index in [-0.39, 0.29) is 31.6 Å². The number of ether oxygens (including phenoxy) is 3. The number of esters is 3. The molecule has 6 heteroatoms. The molecule has 1 unspecified atom stereocenters. The van der Waals surface area contributed by atoms with Gasteiger partial charge < -0.3 is 14.2 Å². The maximum Gasteiger partial charge on any atom is 0.306 e. The maximum absolute atomic E-state index is 12.9. The van der Waals surface area contributed by atoms with Crippen molar-refractivity contribution < 1.29 is 28.6 Å². The Kier molecular flexibility index (Phi) is 59.5. The van der Waals surface area contributed by atoms with E-state index in [9.17, 15) is 14.4 Å². The molecule has 432 valence electrons. The van der Waals surface area contributed by atoms with Crippen molar-refractivity contribution in [2.24, 2.45) is 0 Å². The fourth-order valence-electron chi connectivity index (χ4n) is 7.98. The third kappa shape index (κ3) is 61.8. The summed E-state index contributed by atoms with van der Waals surface area (Å²) in [5.41, 5.74) is 0. The average Bonchev–Trinajstić information content (AvgIpc) is 3.43. The van der Waals surface area contributed by atoms with Gasteiger partial charge in [-0.2, -0.15) is 0 Å². The first-order valence-electron chi connectivity index (χ1n) is 31.0. The molecule has 0 aliphatic rings. The van der Waals surface area contributed by atoms with Crippen molar-refractivity contribution in [3.05, 3.63) is 158 Å². The van der Waals surface area contributed by atoms with E-state index in [1.54, 1.807) is 0 Å². The lowest BCUT2D eigenvalue weighted by atomic mass is 10.0. The third-order valence-electron chi connectivity index (χ3n) is 12.5. The van der Waals surface area contributed by atoms with E-state index in [1.807, 2.05) is 12.2 Å². The zero-order chi connectivity index (χ0) is 55.7. The molecule has 6 nitrogen and oxygen atoms in total. The van der Waals surface area contributed by atoms with E-state index in [0.717, 1.165) is 128 Å². The van der Waals surface area contributed by atoms with Crippen LogP contribution in [0.1, 0.15) is 252 Å². The first-order valence-corrected chi connectivity index (χ1v) is 31.0. The molecule has 0 spiro atoms. The van der Waals surface area contributed by atoms with Crippen LogP contribution in [0, 0.1) is 0 Å². The van der Waals surface area contributed by atoms with Crippen LogP contribution in [0.2, 0.25) is 0 Å². The molecule has 0 aromatic carbocycles. The molecule has 0 aromatic rings. The fourth-order valence-corrected chi connectivity index (χ4v) is 7.98. The summed E-state index contributed by atoms with van der Waals surface area (Å²) >= 11 is 0. The third-order valence-corrected chi connectivity index (χ3v) is 12.5. The van der Waals surface area contributed by atoms with Crippen LogP contribution >= 0.6 is 0 Å². The van der Waals surface area contributed by atoms with E-state index < -0.39 is 12.1 Å². The van der Waals surface area contributed by atoms with Gasteiger partial charge in [-0.1, -0.05) is 275 Å². The number of hydrogen-bond acceptors (Lipinski definition) is 6. The Bertz CT molecular complexity index is 1740. The zero-order valence-corrected chi connectivity index (χ0v) is 49.4. The standard InChI is InChI=1S/C71H112O6/c1-4-7-10-13-16-19-22-25-28-30-32-33-34-35-36-37-39-40-43-46-49-52-55-58-61-64-70(73)76-67-68(66-75-69(72)63-60-57-54-51-48-45-42-27-24-21-18-15-12-9-6-3)77-71(74)65-62-59-56-53-50-47-44-41-38-31-29-26-23-20-17-14-11-8-5-2/h7-8,10-11,16-17,19-20,25-26,28-29,32-33,35-36,38-41,46-47,49-50,56,59,68H,4-6,9,12-15,18,21-24,27,30-31,34,37,42-45,48,51-55,57-58,60-67H2,1-3H3/b10-7-,11-8-,19-16-,20-17-,28-25-,29-26-,33-32-,36-35-,40-39-,41-38-,49-46-,50-47-,59-56-. The van der Waals surface area contributed by atoms with Crippen LogP contribution in [0.15, 0.2) is 158 Å². The minimum absolute atomic E-state index is 0.124. The molecule has 0 N–H and O–H groups in total. The second-order valence-electron chi connectivity index (χ2n) is 19.9. The molecule has 0 saturated heterocycles. The first kappa shape index (κ1) is 72.0. The van der Waals surface area contributed by atoms with Gasteiger partial charge in [0.15, 0.2) is 6.10 Å². The molecule has 0 aliphatic heterocycles. The van der Waals surface area contributed by atoms with E-state index in [1.165, 1.54) is 77.0 Å². The largest absolute Gasteiger partial charge is 0.462 e. The summed E-state index contributed by atoms with van der Waals surface area (Å²) in [7, 11) is 0. The molecule has 77 heavy (non-hydrogen) atoms. The Hall–Kier alpha value is -4.97. The SMILES string of the molecule is CC/C=C\C/C=C\C/C=C\C/C=C\C/C=C\C/C=C\C/C=C\CCCCCC(=O)OCC(COC(=O)CCCCCCCCCCCCCCCCC)OC(=O)CC/C=C\C/C=C\C/C=C\C/C=C\C/C=C\C/C=C\CC. The second kappa shape index (κ2) is 63.6. The summed E-state index contributed by atoms with van der Waals surface area (Å²) < 4.78 is 16.8. The smallest absolute Gasteiger partial charge is 0.306 e. The van der Waals surface area contributed by atoms with Gasteiger partial charge in [0.05, 0.1) is 0 Å². The summed E-state index contributed by atoms with van der Waals surface area (Å²) in [6, 6.07) is 0. The van der Waals surface area contributed by atoms with Crippen LogP contribution in [0.5, 0.6) is 0 Å². The maximum atomic E-state index is 12.9. The number of hydrogen-bond donors (Lipinski definition) is 0. The van der Waals surface area contributed by atoms with E-state index in [2.05, 4.69) is 167 Å². The van der Waals surface area contributed by atoms with Gasteiger partial charge >= 0.3 is 17.9 Å². The van der Waals surface area contributed by atoms with Crippen LogP contribution in [0.4, 0.5) is 0 Å². The van der Waals surface area contributed by atoms with Gasteiger partial charge in [-0.05, 0) is 116 Å². The monoisotopic (exact) mass is 1060 g/mol. The molecule has 0 fully saturated rings. The Balaban J connectivity index is 4.56. The normalized spacial score (nSPS) is 13.2. The molecule has 0 aromatic heterocycles. The predicted octanol–water partition coefficient (Wildman–Crippen LogP) is 21.3. The number of carbonyl (C=O) groups excluding carboxylic acids is 3. The van der Waals surface area contributed by atoms with Crippen LogP contribution in [0.3, 0.4) is 0 Å². The minimum Gasteiger partial charge on any atom is -0.462 e. The van der Waals surface area contributed by atoms with E-state index in [0.29, 0.717) is 19.3 Å². The lowest BCUT2D eigenvalue weighted by Gasteiger charge is -2.18. The fraction of sp³-hybridized carbons (Fsp3) is 0.592. The van der Waals surface area contributed by atoms with E-state index in [4.69, 9.17) is 14.2 Å². The van der Waals surface area contributed by atoms with Gasteiger partial charge in [0, 0.05) is 19.3 Å². The molecule has 0 rings (SSSR count). The van der Waals surface area contributed by atoms with Crippen LogP contribution < -0.4 is 0 Å². The summed E-state index contributed by atoms with van der Waals surface area (Å²) in [5.74, 6) is -1.05. The highest BCUT2D eigenvalue weighted by molar-refractivity contribution is 5.71. The van der Waals surface area contributed by atoms with Crippen LogP contribution in [0.25, 0.3) is 0 Å². The quantitative estimate of drug-likeness (QED) is 0.0261. The number of allylic oxidation sites excluding steroid dienone is 26. The highest BCUT2D eigenvalue weighted by Crippen LogP contribution is 2.15. The highest BCUT2D eigenvalue weighted by Gasteiger charge is 2.19. The summed E-state index contributed by atoms with van der Waals surface area (Å²) in [4.78, 5) is 38.2. The van der Waals surface area contributed by atoms with Crippen molar-refractivity contribution in [1.29, 1.82) is 0 Å². The lowest BCUT2D eigenvalue weighted by molar-refractivity contribution is -0.166. The molecule has 0 saturated carbocycles. The van der Waals surface area contributed by atoms with Crippen LogP contribution in [-0.4, -0.2) is 37.2 Å². The van der Waals surface area contributed by atoms with Crippen molar-refractivity contribution in [1.82, 2.24) is 0 Å². The predicted molar refractivity (Wildman–Crippen MR) is 334 cm³/mol. The van der Waals surface area contributed by atoms with Crippen molar-refractivity contribution in [3.8, 4) is 0 Å². The van der Waals surface area contributed by atoms with Crippen molar-refractivity contribution >= 4 is 17.9 Å².